The van der Waals surface area contributed by atoms with Gasteiger partial charge in [-0.05, 0) is 39.4 Å². The monoisotopic (exact) mass is 293 g/mol. The number of halogens is 1. The molecular weight excluding hydrogens is 269 g/mol. The van der Waals surface area contributed by atoms with Crippen LogP contribution in [0.5, 0.6) is 0 Å². The van der Waals surface area contributed by atoms with Crippen molar-refractivity contribution < 1.29 is 9.18 Å². The van der Waals surface area contributed by atoms with E-state index >= 15 is 0 Å². The molecule has 21 heavy (non-hydrogen) atoms. The number of rotatable bonds is 3. The molecule has 0 aliphatic carbocycles. The van der Waals surface area contributed by atoms with Gasteiger partial charge in [0.25, 0.3) is 0 Å². The molecule has 4 nitrogen and oxygen atoms in total. The molecule has 116 valence electrons. The fourth-order valence-corrected chi connectivity index (χ4v) is 2.72. The molecular formula is C16H24FN3O. The lowest BCUT2D eigenvalue weighted by molar-refractivity contribution is 0.196. The minimum atomic E-state index is -0.277. The van der Waals surface area contributed by atoms with Crippen molar-refractivity contribution in [3.63, 3.8) is 0 Å². The van der Waals surface area contributed by atoms with Crippen molar-refractivity contribution in [1.29, 1.82) is 0 Å². The van der Waals surface area contributed by atoms with Crippen LogP contribution in [0.25, 0.3) is 0 Å². The molecule has 5 heteroatoms. The summed E-state index contributed by atoms with van der Waals surface area (Å²) < 4.78 is 13.5. The number of carbonyl (C=O) groups is 1. The summed E-state index contributed by atoms with van der Waals surface area (Å²) >= 11 is 0. The van der Waals surface area contributed by atoms with E-state index < -0.39 is 0 Å². The van der Waals surface area contributed by atoms with E-state index in [-0.39, 0.29) is 18.4 Å². The van der Waals surface area contributed by atoms with Crippen LogP contribution in [0.3, 0.4) is 0 Å². The van der Waals surface area contributed by atoms with Crippen molar-refractivity contribution in [2.24, 2.45) is 0 Å². The van der Waals surface area contributed by atoms with Gasteiger partial charge in [0.05, 0.1) is 0 Å². The molecule has 1 fully saturated rings. The minimum absolute atomic E-state index is 0.0994. The van der Waals surface area contributed by atoms with Crippen molar-refractivity contribution in [1.82, 2.24) is 15.1 Å². The SMILES string of the molecule is CN(C)[C@@H]1CCCN(C(=O)NCc2ccccc2F)CC1. The second kappa shape index (κ2) is 7.41. The zero-order chi connectivity index (χ0) is 15.2. The number of likely N-dealkylation sites (tertiary alicyclic amines) is 1. The van der Waals surface area contributed by atoms with Gasteiger partial charge in [0.2, 0.25) is 0 Å². The van der Waals surface area contributed by atoms with Crippen LogP contribution < -0.4 is 5.32 Å². The molecule has 1 aliphatic rings. The molecule has 1 aromatic rings. The maximum atomic E-state index is 13.5. The van der Waals surface area contributed by atoms with Gasteiger partial charge in [0.1, 0.15) is 5.82 Å². The topological polar surface area (TPSA) is 35.6 Å². The summed E-state index contributed by atoms with van der Waals surface area (Å²) in [4.78, 5) is 16.3. The van der Waals surface area contributed by atoms with Crippen molar-refractivity contribution in [3.8, 4) is 0 Å². The zero-order valence-electron chi connectivity index (χ0n) is 12.8. The fourth-order valence-electron chi connectivity index (χ4n) is 2.72. The molecule has 0 saturated carbocycles. The molecule has 0 bridgehead atoms. The van der Waals surface area contributed by atoms with E-state index in [1.54, 1.807) is 18.2 Å². The van der Waals surface area contributed by atoms with Crippen LogP contribution in [-0.2, 0) is 6.54 Å². The van der Waals surface area contributed by atoms with Crippen molar-refractivity contribution in [2.45, 2.75) is 31.8 Å². The number of hydrogen-bond donors (Lipinski definition) is 1. The fraction of sp³-hybridized carbons (Fsp3) is 0.562. The predicted octanol–water partition coefficient (Wildman–Crippen LogP) is 2.45. The normalized spacial score (nSPS) is 19.4. The van der Waals surface area contributed by atoms with Crippen molar-refractivity contribution in [2.75, 3.05) is 27.2 Å². The second-order valence-corrected chi connectivity index (χ2v) is 5.79. The number of nitrogens with zero attached hydrogens (tertiary/aromatic N) is 2. The van der Waals surface area contributed by atoms with Crippen molar-refractivity contribution in [3.05, 3.63) is 35.6 Å². The van der Waals surface area contributed by atoms with Gasteiger partial charge in [0.15, 0.2) is 0 Å². The molecule has 1 saturated heterocycles. The molecule has 1 atom stereocenters. The highest BCUT2D eigenvalue weighted by Crippen LogP contribution is 2.15. The van der Waals surface area contributed by atoms with Crippen molar-refractivity contribution >= 4 is 6.03 Å². The minimum Gasteiger partial charge on any atom is -0.334 e. The zero-order valence-corrected chi connectivity index (χ0v) is 12.8. The van der Waals surface area contributed by atoms with E-state index in [0.29, 0.717) is 11.6 Å². The highest BCUT2D eigenvalue weighted by atomic mass is 19.1. The smallest absolute Gasteiger partial charge is 0.317 e. The molecule has 0 unspecified atom stereocenters. The van der Waals surface area contributed by atoms with Gasteiger partial charge >= 0.3 is 6.03 Å². The first-order valence-corrected chi connectivity index (χ1v) is 7.50. The highest BCUT2D eigenvalue weighted by Gasteiger charge is 2.21. The molecule has 1 heterocycles. The summed E-state index contributed by atoms with van der Waals surface area (Å²) in [6.45, 7) is 1.76. The molecule has 1 aromatic carbocycles. The number of hydrogen-bond acceptors (Lipinski definition) is 2. The van der Waals surface area contributed by atoms with Crippen LogP contribution in [0.1, 0.15) is 24.8 Å². The lowest BCUT2D eigenvalue weighted by Gasteiger charge is -2.23. The van der Waals surface area contributed by atoms with Gasteiger partial charge in [-0.25, -0.2) is 9.18 Å². The average Bonchev–Trinajstić information content (AvgIpc) is 2.72. The van der Waals surface area contributed by atoms with Gasteiger partial charge in [-0.15, -0.1) is 0 Å². The predicted molar refractivity (Wildman–Crippen MR) is 81.5 cm³/mol. The van der Waals surface area contributed by atoms with Crippen LogP contribution in [0.4, 0.5) is 9.18 Å². The third kappa shape index (κ3) is 4.43. The van der Waals surface area contributed by atoms with E-state index in [1.807, 2.05) is 4.90 Å². The average molecular weight is 293 g/mol. The van der Waals surface area contributed by atoms with Crippen LogP contribution >= 0.6 is 0 Å². The van der Waals surface area contributed by atoms with E-state index in [2.05, 4.69) is 24.3 Å². The number of amides is 2. The lowest BCUT2D eigenvalue weighted by atomic mass is 10.1. The Bertz CT molecular complexity index is 478. The first-order chi connectivity index (χ1) is 10.1. The van der Waals surface area contributed by atoms with Crippen LogP contribution in [0, 0.1) is 5.82 Å². The molecule has 2 amide bonds. The molecule has 0 aromatic heterocycles. The molecule has 0 radical (unpaired) electrons. The Hall–Kier alpha value is -1.62. The number of benzene rings is 1. The summed E-state index contributed by atoms with van der Waals surface area (Å²) in [5.41, 5.74) is 0.520. The summed E-state index contributed by atoms with van der Waals surface area (Å²) in [5.74, 6) is -0.277. The Labute approximate surface area is 125 Å². The summed E-state index contributed by atoms with van der Waals surface area (Å²) in [6, 6.07) is 6.97. The van der Waals surface area contributed by atoms with Crippen LogP contribution in [0.2, 0.25) is 0 Å². The maximum absolute atomic E-state index is 13.5. The highest BCUT2D eigenvalue weighted by molar-refractivity contribution is 5.74. The van der Waals surface area contributed by atoms with Gasteiger partial charge in [0, 0.05) is 31.2 Å². The Balaban J connectivity index is 1.85. The third-order valence-corrected chi connectivity index (χ3v) is 4.10. The molecule has 0 spiro atoms. The van der Waals surface area contributed by atoms with Gasteiger partial charge in [-0.1, -0.05) is 18.2 Å². The van der Waals surface area contributed by atoms with Gasteiger partial charge in [-0.3, -0.25) is 0 Å². The molecule has 1 N–H and O–H groups in total. The lowest BCUT2D eigenvalue weighted by Crippen LogP contribution is -2.40. The number of urea groups is 1. The standard InChI is InChI=1S/C16H24FN3O/c1-19(2)14-7-5-10-20(11-9-14)16(21)18-12-13-6-3-4-8-15(13)17/h3-4,6,8,14H,5,7,9-12H2,1-2H3,(H,18,21)/t14-/m1/s1. The summed E-state index contributed by atoms with van der Waals surface area (Å²) in [5, 5.41) is 2.81. The van der Waals surface area contributed by atoms with E-state index in [9.17, 15) is 9.18 Å². The quantitative estimate of drug-likeness (QED) is 0.929. The van der Waals surface area contributed by atoms with Crippen LogP contribution in [0.15, 0.2) is 24.3 Å². The molecule has 1 aliphatic heterocycles. The van der Waals surface area contributed by atoms with Crippen LogP contribution in [-0.4, -0.2) is 49.1 Å². The van der Waals surface area contributed by atoms with E-state index in [4.69, 9.17) is 0 Å². The summed E-state index contributed by atoms with van der Waals surface area (Å²) in [6.07, 6.45) is 3.11. The van der Waals surface area contributed by atoms with E-state index in [1.165, 1.54) is 6.07 Å². The largest absolute Gasteiger partial charge is 0.334 e. The maximum Gasteiger partial charge on any atom is 0.317 e. The Morgan fingerprint density at radius 3 is 2.81 bits per heavy atom. The third-order valence-electron chi connectivity index (χ3n) is 4.10. The first kappa shape index (κ1) is 15.8. The van der Waals surface area contributed by atoms with E-state index in [0.717, 1.165) is 32.4 Å². The van der Waals surface area contributed by atoms with Gasteiger partial charge < -0.3 is 15.1 Å². The Kier molecular flexibility index (Phi) is 5.56. The van der Waals surface area contributed by atoms with Gasteiger partial charge in [-0.2, -0.15) is 0 Å². The number of nitrogens with one attached hydrogen (secondary N) is 1. The number of carbonyl (C=O) groups excluding carboxylic acids is 1. The molecule has 2 rings (SSSR count). The Morgan fingerprint density at radius 1 is 1.33 bits per heavy atom. The second-order valence-electron chi connectivity index (χ2n) is 5.79. The Morgan fingerprint density at radius 2 is 2.10 bits per heavy atom. The summed E-state index contributed by atoms with van der Waals surface area (Å²) in [7, 11) is 4.16. The first-order valence-electron chi connectivity index (χ1n) is 7.50.